The lowest BCUT2D eigenvalue weighted by Crippen LogP contribution is -2.21. The van der Waals surface area contributed by atoms with Crippen LogP contribution in [-0.2, 0) is 9.59 Å². The number of aromatic amines is 1. The van der Waals surface area contributed by atoms with Crippen LogP contribution < -0.4 is 10.6 Å². The number of thiazole rings is 1. The molecule has 0 bridgehead atoms. The number of carboxylic acids is 1. The maximum Gasteiger partial charge on any atom is 0.394 e. The van der Waals surface area contributed by atoms with Gasteiger partial charge in [-0.25, -0.2) is 9.78 Å². The summed E-state index contributed by atoms with van der Waals surface area (Å²) < 4.78 is 0.648. The van der Waals surface area contributed by atoms with Crippen molar-refractivity contribution in [2.24, 2.45) is 0 Å². The average Bonchev–Trinajstić information content (AvgIpc) is 3.09. The zero-order chi connectivity index (χ0) is 19.0. The molecular weight excluding hydrogens is 403 g/mol. The van der Waals surface area contributed by atoms with E-state index in [2.05, 4.69) is 20.6 Å². The van der Waals surface area contributed by atoms with E-state index in [0.717, 1.165) is 11.3 Å². The number of carbonyl (C=O) groups excluding carboxylic acids is 2. The van der Waals surface area contributed by atoms with Crippen LogP contribution in [0.25, 0.3) is 10.2 Å². The van der Waals surface area contributed by atoms with Crippen LogP contribution in [0.15, 0.2) is 18.2 Å². The largest absolute Gasteiger partial charge is 0.474 e. The summed E-state index contributed by atoms with van der Waals surface area (Å²) in [6, 6.07) is 4.90. The van der Waals surface area contributed by atoms with Crippen molar-refractivity contribution < 1.29 is 19.5 Å². The van der Waals surface area contributed by atoms with Crippen LogP contribution in [0.1, 0.15) is 16.2 Å². The lowest BCUT2D eigenvalue weighted by atomic mass is 10.3. The molecule has 134 valence electrons. The Balaban J connectivity index is 1.82. The first-order valence-electron chi connectivity index (χ1n) is 7.06. The van der Waals surface area contributed by atoms with E-state index in [9.17, 15) is 14.4 Å². The number of hydrogen-bond acceptors (Lipinski definition) is 5. The lowest BCUT2D eigenvalue weighted by molar-refractivity contribution is -0.147. The number of aliphatic carboxylic acids is 1. The van der Waals surface area contributed by atoms with Crippen molar-refractivity contribution in [3.63, 3.8) is 0 Å². The maximum atomic E-state index is 12.3. The van der Waals surface area contributed by atoms with E-state index in [1.807, 2.05) is 0 Å². The van der Waals surface area contributed by atoms with Gasteiger partial charge in [0.2, 0.25) is 0 Å². The molecule has 0 unspecified atom stereocenters. The standard InChI is InChI=1S/C15H10Cl2N4O4S/c1-5-9(16)10(17)11(18-5)12(22)19-6-2-3-7-8(4-6)26-15(20-7)21-13(23)14(24)25/h2-4,18H,1H3,(H,19,22)(H,24,25)(H,20,21,23). The summed E-state index contributed by atoms with van der Waals surface area (Å²) in [5.41, 5.74) is 1.75. The number of amides is 2. The number of hydrogen-bond donors (Lipinski definition) is 4. The predicted molar refractivity (Wildman–Crippen MR) is 99.4 cm³/mol. The van der Waals surface area contributed by atoms with Crippen LogP contribution in [0.5, 0.6) is 0 Å². The number of rotatable bonds is 3. The average molecular weight is 413 g/mol. The molecule has 0 radical (unpaired) electrons. The highest BCUT2D eigenvalue weighted by Crippen LogP contribution is 2.31. The fraction of sp³-hybridized carbons (Fsp3) is 0.0667. The molecular formula is C15H10Cl2N4O4S. The number of halogens is 2. The van der Waals surface area contributed by atoms with E-state index < -0.39 is 17.8 Å². The molecule has 2 aromatic heterocycles. The molecule has 1 aromatic carbocycles. The fourth-order valence-corrected chi connectivity index (χ4v) is 3.44. The van der Waals surface area contributed by atoms with Crippen LogP contribution in [0.2, 0.25) is 10.0 Å². The Hall–Kier alpha value is -2.62. The summed E-state index contributed by atoms with van der Waals surface area (Å²) in [6.45, 7) is 1.70. The zero-order valence-electron chi connectivity index (χ0n) is 13.0. The molecule has 2 heterocycles. The Morgan fingerprint density at radius 2 is 1.92 bits per heavy atom. The number of nitrogens with one attached hydrogen (secondary N) is 3. The maximum absolute atomic E-state index is 12.3. The predicted octanol–water partition coefficient (Wildman–Crippen LogP) is 3.52. The van der Waals surface area contributed by atoms with Gasteiger partial charge in [-0.3, -0.25) is 14.9 Å². The minimum atomic E-state index is -1.60. The van der Waals surface area contributed by atoms with Gasteiger partial charge < -0.3 is 15.4 Å². The first-order chi connectivity index (χ1) is 12.3. The number of anilines is 2. The van der Waals surface area contributed by atoms with Gasteiger partial charge in [0.25, 0.3) is 5.91 Å². The normalized spacial score (nSPS) is 10.7. The van der Waals surface area contributed by atoms with Crippen molar-refractivity contribution in [3.05, 3.63) is 39.6 Å². The molecule has 0 aliphatic rings. The molecule has 0 spiro atoms. The van der Waals surface area contributed by atoms with Gasteiger partial charge in [-0.2, -0.15) is 0 Å². The highest BCUT2D eigenvalue weighted by Gasteiger charge is 2.19. The van der Waals surface area contributed by atoms with Crippen LogP contribution >= 0.6 is 34.5 Å². The Bertz CT molecular complexity index is 1060. The molecule has 0 atom stereocenters. The van der Waals surface area contributed by atoms with Crippen molar-refractivity contribution in [2.45, 2.75) is 6.92 Å². The number of aryl methyl sites for hydroxylation is 1. The molecule has 0 aliphatic heterocycles. The molecule has 3 aromatic rings. The second-order valence-corrected chi connectivity index (χ2v) is 6.95. The molecule has 2 amide bonds. The minimum Gasteiger partial charge on any atom is -0.474 e. The minimum absolute atomic E-state index is 0.138. The van der Waals surface area contributed by atoms with Gasteiger partial charge in [-0.1, -0.05) is 34.5 Å². The van der Waals surface area contributed by atoms with Crippen molar-refractivity contribution in [3.8, 4) is 0 Å². The van der Waals surface area contributed by atoms with Crippen molar-refractivity contribution >= 4 is 73.4 Å². The summed E-state index contributed by atoms with van der Waals surface area (Å²) in [4.78, 5) is 41.0. The van der Waals surface area contributed by atoms with Gasteiger partial charge in [-0.15, -0.1) is 0 Å². The third kappa shape index (κ3) is 3.50. The molecule has 3 rings (SSSR count). The highest BCUT2D eigenvalue weighted by molar-refractivity contribution is 7.22. The Kier molecular flexibility index (Phi) is 4.86. The third-order valence-electron chi connectivity index (χ3n) is 3.34. The highest BCUT2D eigenvalue weighted by atomic mass is 35.5. The Morgan fingerprint density at radius 1 is 1.19 bits per heavy atom. The smallest absolute Gasteiger partial charge is 0.394 e. The summed E-state index contributed by atoms with van der Waals surface area (Å²) in [7, 11) is 0. The number of H-pyrrole nitrogens is 1. The van der Waals surface area contributed by atoms with E-state index >= 15 is 0 Å². The quantitative estimate of drug-likeness (QED) is 0.489. The number of nitrogens with zero attached hydrogens (tertiary/aromatic N) is 1. The van der Waals surface area contributed by atoms with E-state index in [1.54, 1.807) is 25.1 Å². The van der Waals surface area contributed by atoms with E-state index in [0.29, 0.717) is 21.6 Å². The zero-order valence-corrected chi connectivity index (χ0v) is 15.3. The number of benzene rings is 1. The second-order valence-electron chi connectivity index (χ2n) is 5.17. The van der Waals surface area contributed by atoms with Crippen LogP contribution in [0.3, 0.4) is 0 Å². The molecule has 0 aliphatic carbocycles. The number of fused-ring (bicyclic) bond motifs is 1. The Morgan fingerprint density at radius 3 is 2.54 bits per heavy atom. The summed E-state index contributed by atoms with van der Waals surface area (Å²) in [6.07, 6.45) is 0. The van der Waals surface area contributed by atoms with Gasteiger partial charge in [0.1, 0.15) is 5.69 Å². The second kappa shape index (κ2) is 6.94. The summed E-state index contributed by atoms with van der Waals surface area (Å²) in [5.74, 6) is -3.24. The van der Waals surface area contributed by atoms with Gasteiger partial charge in [0, 0.05) is 11.4 Å². The van der Waals surface area contributed by atoms with Crippen LogP contribution in [0, 0.1) is 6.92 Å². The monoisotopic (exact) mass is 412 g/mol. The lowest BCUT2D eigenvalue weighted by Gasteiger charge is -2.04. The summed E-state index contributed by atoms with van der Waals surface area (Å²) in [5, 5.41) is 14.0. The number of carboxylic acid groups (broad SMARTS) is 1. The van der Waals surface area contributed by atoms with Gasteiger partial charge in [-0.05, 0) is 25.1 Å². The molecule has 11 heteroatoms. The molecule has 4 N–H and O–H groups in total. The fourth-order valence-electron chi connectivity index (χ4n) is 2.13. The first kappa shape index (κ1) is 18.2. The van der Waals surface area contributed by atoms with Gasteiger partial charge in [0.05, 0.1) is 20.3 Å². The Labute approximate surface area is 160 Å². The number of aromatic nitrogens is 2. The van der Waals surface area contributed by atoms with Crippen LogP contribution in [-0.4, -0.2) is 32.9 Å². The van der Waals surface area contributed by atoms with E-state index in [-0.39, 0.29) is 20.9 Å². The molecule has 8 nitrogen and oxygen atoms in total. The van der Waals surface area contributed by atoms with E-state index in [4.69, 9.17) is 28.3 Å². The van der Waals surface area contributed by atoms with Gasteiger partial charge in [0.15, 0.2) is 5.13 Å². The van der Waals surface area contributed by atoms with Gasteiger partial charge >= 0.3 is 11.9 Å². The molecule has 0 fully saturated rings. The van der Waals surface area contributed by atoms with Crippen molar-refractivity contribution in [1.82, 2.24) is 9.97 Å². The summed E-state index contributed by atoms with van der Waals surface area (Å²) >= 11 is 13.1. The molecule has 26 heavy (non-hydrogen) atoms. The van der Waals surface area contributed by atoms with Crippen molar-refractivity contribution in [1.29, 1.82) is 0 Å². The SMILES string of the molecule is Cc1[nH]c(C(=O)Nc2ccc3nc(NC(=O)C(=O)O)sc3c2)c(Cl)c1Cl. The van der Waals surface area contributed by atoms with Crippen molar-refractivity contribution in [2.75, 3.05) is 10.6 Å². The third-order valence-corrected chi connectivity index (χ3v) is 5.22. The topological polar surface area (TPSA) is 124 Å². The number of carbonyl (C=O) groups is 3. The molecule has 0 saturated heterocycles. The van der Waals surface area contributed by atoms with E-state index in [1.165, 1.54) is 0 Å². The first-order valence-corrected chi connectivity index (χ1v) is 8.63. The van der Waals surface area contributed by atoms with Crippen LogP contribution in [0.4, 0.5) is 10.8 Å². The molecule has 0 saturated carbocycles.